The summed E-state index contributed by atoms with van der Waals surface area (Å²) in [6, 6.07) is 16.5. The maximum Gasteiger partial charge on any atom is 0.315 e. The van der Waals surface area contributed by atoms with E-state index in [1.165, 1.54) is 6.07 Å². The van der Waals surface area contributed by atoms with Crippen molar-refractivity contribution in [1.82, 2.24) is 10.6 Å². The molecule has 2 atom stereocenters. The van der Waals surface area contributed by atoms with Crippen molar-refractivity contribution in [2.75, 3.05) is 0 Å². The molecule has 0 radical (unpaired) electrons. The highest BCUT2D eigenvalue weighted by Crippen LogP contribution is 2.24. The van der Waals surface area contributed by atoms with E-state index in [1.807, 2.05) is 49.4 Å². The lowest BCUT2D eigenvalue weighted by molar-refractivity contribution is 0.235. The first-order valence-electron chi connectivity index (χ1n) is 8.45. The van der Waals surface area contributed by atoms with Crippen LogP contribution in [0.5, 0.6) is 0 Å². The molecule has 2 unspecified atom stereocenters. The van der Waals surface area contributed by atoms with Gasteiger partial charge < -0.3 is 10.6 Å². The summed E-state index contributed by atoms with van der Waals surface area (Å²) in [5, 5.41) is 7.84. The maximum atomic E-state index is 13.4. The fraction of sp³-hybridized carbons (Fsp3) is 0.190. The average molecular weight is 354 g/mol. The Balaban J connectivity index is 1.69. The minimum absolute atomic E-state index is 0.210. The highest BCUT2D eigenvalue weighted by Gasteiger charge is 2.15. The van der Waals surface area contributed by atoms with Gasteiger partial charge in [0.2, 0.25) is 0 Å². The second kappa shape index (κ2) is 7.52. The smallest absolute Gasteiger partial charge is 0.315 e. The van der Waals surface area contributed by atoms with Gasteiger partial charge in [-0.3, -0.25) is 0 Å². The van der Waals surface area contributed by atoms with Crippen LogP contribution in [0.2, 0.25) is 0 Å². The van der Waals surface area contributed by atoms with Crippen molar-refractivity contribution in [2.24, 2.45) is 0 Å². The van der Waals surface area contributed by atoms with E-state index in [9.17, 15) is 13.6 Å². The lowest BCUT2D eigenvalue weighted by Crippen LogP contribution is -2.38. The van der Waals surface area contributed by atoms with Gasteiger partial charge in [-0.05, 0) is 47.9 Å². The third kappa shape index (κ3) is 3.82. The number of rotatable bonds is 4. The molecular formula is C21H20F2N2O. The summed E-state index contributed by atoms with van der Waals surface area (Å²) in [5.74, 6) is -1.84. The van der Waals surface area contributed by atoms with Crippen LogP contribution < -0.4 is 10.6 Å². The molecule has 3 aromatic carbocycles. The molecule has 2 amide bonds. The van der Waals surface area contributed by atoms with Gasteiger partial charge in [0, 0.05) is 0 Å². The highest BCUT2D eigenvalue weighted by molar-refractivity contribution is 5.86. The van der Waals surface area contributed by atoms with Crippen molar-refractivity contribution in [3.63, 3.8) is 0 Å². The lowest BCUT2D eigenvalue weighted by Gasteiger charge is -2.20. The Hall–Kier alpha value is -2.95. The Morgan fingerprint density at radius 2 is 1.54 bits per heavy atom. The normalized spacial score (nSPS) is 13.2. The number of nitrogens with one attached hydrogen (secondary N) is 2. The zero-order valence-corrected chi connectivity index (χ0v) is 14.6. The van der Waals surface area contributed by atoms with E-state index >= 15 is 0 Å². The first-order chi connectivity index (χ1) is 12.5. The average Bonchev–Trinajstić information content (AvgIpc) is 2.63. The van der Waals surface area contributed by atoms with Crippen LogP contribution in [0.4, 0.5) is 13.6 Å². The lowest BCUT2D eigenvalue weighted by atomic mass is 10.00. The van der Waals surface area contributed by atoms with E-state index in [4.69, 9.17) is 0 Å². The van der Waals surface area contributed by atoms with Gasteiger partial charge in [-0.2, -0.15) is 0 Å². The third-order valence-corrected chi connectivity index (χ3v) is 4.43. The third-order valence-electron chi connectivity index (χ3n) is 4.43. The zero-order chi connectivity index (χ0) is 18.7. The molecule has 3 rings (SSSR count). The Kier molecular flexibility index (Phi) is 5.16. The molecule has 0 saturated heterocycles. The van der Waals surface area contributed by atoms with E-state index in [-0.39, 0.29) is 12.1 Å². The van der Waals surface area contributed by atoms with E-state index in [2.05, 4.69) is 10.6 Å². The molecule has 3 nitrogen and oxygen atoms in total. The zero-order valence-electron chi connectivity index (χ0n) is 14.6. The van der Waals surface area contributed by atoms with Gasteiger partial charge in [0.05, 0.1) is 12.1 Å². The summed E-state index contributed by atoms with van der Waals surface area (Å²) in [6.45, 7) is 3.62. The topological polar surface area (TPSA) is 41.1 Å². The van der Waals surface area contributed by atoms with Crippen LogP contribution in [0.25, 0.3) is 10.8 Å². The van der Waals surface area contributed by atoms with Gasteiger partial charge in [0.1, 0.15) is 0 Å². The fourth-order valence-electron chi connectivity index (χ4n) is 3.01. The fourth-order valence-corrected chi connectivity index (χ4v) is 3.01. The minimum Gasteiger partial charge on any atom is -0.332 e. The Morgan fingerprint density at radius 1 is 0.846 bits per heavy atom. The van der Waals surface area contributed by atoms with Gasteiger partial charge >= 0.3 is 6.03 Å². The van der Waals surface area contributed by atoms with Crippen LogP contribution in [0.1, 0.15) is 37.1 Å². The second-order valence-electron chi connectivity index (χ2n) is 6.30. The molecule has 0 fully saturated rings. The number of hydrogen-bond donors (Lipinski definition) is 2. The number of fused-ring (bicyclic) bond motifs is 1. The summed E-state index contributed by atoms with van der Waals surface area (Å²) >= 11 is 0. The Labute approximate surface area is 151 Å². The largest absolute Gasteiger partial charge is 0.332 e. The number of carbonyl (C=O) groups excluding carboxylic acids is 1. The molecule has 0 saturated carbocycles. The van der Waals surface area contributed by atoms with Crippen LogP contribution in [0.3, 0.4) is 0 Å². The van der Waals surface area contributed by atoms with Crippen molar-refractivity contribution in [2.45, 2.75) is 25.9 Å². The molecule has 0 spiro atoms. The van der Waals surface area contributed by atoms with Crippen molar-refractivity contribution >= 4 is 16.8 Å². The number of benzene rings is 3. The van der Waals surface area contributed by atoms with Gasteiger partial charge in [0.15, 0.2) is 11.6 Å². The van der Waals surface area contributed by atoms with Crippen LogP contribution in [-0.2, 0) is 0 Å². The molecule has 0 aliphatic heterocycles. The minimum atomic E-state index is -0.930. The molecule has 0 bridgehead atoms. The Morgan fingerprint density at radius 3 is 2.31 bits per heavy atom. The van der Waals surface area contributed by atoms with Gasteiger partial charge in [-0.25, -0.2) is 13.6 Å². The quantitative estimate of drug-likeness (QED) is 0.661. The first-order valence-corrected chi connectivity index (χ1v) is 8.45. The highest BCUT2D eigenvalue weighted by atomic mass is 19.2. The van der Waals surface area contributed by atoms with E-state index in [0.717, 1.165) is 28.5 Å². The summed E-state index contributed by atoms with van der Waals surface area (Å²) in [6.07, 6.45) is 0. The molecule has 2 N–H and O–H groups in total. The van der Waals surface area contributed by atoms with E-state index < -0.39 is 17.7 Å². The molecule has 3 aromatic rings. The molecule has 0 aliphatic rings. The van der Waals surface area contributed by atoms with Crippen molar-refractivity contribution in [3.05, 3.63) is 83.4 Å². The Bertz CT molecular complexity index is 937. The van der Waals surface area contributed by atoms with Crippen LogP contribution in [0.15, 0.2) is 60.7 Å². The van der Waals surface area contributed by atoms with Crippen molar-refractivity contribution in [1.29, 1.82) is 0 Å². The number of hydrogen-bond acceptors (Lipinski definition) is 1. The SMILES string of the molecule is CC(NC(=O)NC(C)c1cccc2ccccc12)c1ccc(F)c(F)c1. The van der Waals surface area contributed by atoms with Crippen molar-refractivity contribution < 1.29 is 13.6 Å². The molecule has 26 heavy (non-hydrogen) atoms. The van der Waals surface area contributed by atoms with E-state index in [1.54, 1.807) is 6.92 Å². The monoisotopic (exact) mass is 354 g/mol. The molecule has 134 valence electrons. The standard InChI is InChI=1S/C21H20F2N2O/c1-13(16-10-11-19(22)20(23)12-16)24-21(26)25-14(2)17-9-5-7-15-6-3-4-8-18(15)17/h3-14H,1-2H3,(H2,24,25,26). The molecule has 0 aliphatic carbocycles. The number of halogens is 2. The molecule has 0 heterocycles. The number of carbonyl (C=O) groups is 1. The number of amides is 2. The molecular weight excluding hydrogens is 334 g/mol. The summed E-state index contributed by atoms with van der Waals surface area (Å²) in [4.78, 5) is 12.3. The van der Waals surface area contributed by atoms with Gasteiger partial charge in [-0.1, -0.05) is 48.5 Å². The number of urea groups is 1. The van der Waals surface area contributed by atoms with Crippen LogP contribution >= 0.6 is 0 Å². The predicted molar refractivity (Wildman–Crippen MR) is 98.8 cm³/mol. The predicted octanol–water partition coefficient (Wildman–Crippen LogP) is 5.24. The molecule has 5 heteroatoms. The summed E-state index contributed by atoms with van der Waals surface area (Å²) in [7, 11) is 0. The van der Waals surface area contributed by atoms with Crippen LogP contribution in [0, 0.1) is 11.6 Å². The summed E-state index contributed by atoms with van der Waals surface area (Å²) in [5.41, 5.74) is 1.51. The summed E-state index contributed by atoms with van der Waals surface area (Å²) < 4.78 is 26.4. The van der Waals surface area contributed by atoms with Crippen LogP contribution in [-0.4, -0.2) is 6.03 Å². The molecule has 0 aromatic heterocycles. The van der Waals surface area contributed by atoms with Gasteiger partial charge in [0.25, 0.3) is 0 Å². The maximum absolute atomic E-state index is 13.4. The van der Waals surface area contributed by atoms with Gasteiger partial charge in [-0.15, -0.1) is 0 Å². The van der Waals surface area contributed by atoms with Crippen molar-refractivity contribution in [3.8, 4) is 0 Å². The first kappa shape index (κ1) is 17.9. The van der Waals surface area contributed by atoms with E-state index in [0.29, 0.717) is 5.56 Å². The second-order valence-corrected chi connectivity index (χ2v) is 6.30.